The molecule has 36 heavy (non-hydrogen) atoms. The summed E-state index contributed by atoms with van der Waals surface area (Å²) in [5.41, 5.74) is 10.4. The summed E-state index contributed by atoms with van der Waals surface area (Å²) in [5, 5.41) is 3.36. The van der Waals surface area contributed by atoms with E-state index >= 15 is 0 Å². The summed E-state index contributed by atoms with van der Waals surface area (Å²) < 4.78 is 5.64. The lowest BCUT2D eigenvalue weighted by Gasteiger charge is -2.37. The summed E-state index contributed by atoms with van der Waals surface area (Å²) in [6, 6.07) is 7.90. The molecule has 1 aromatic heterocycles. The molecular formula is C28H40N6O2. The van der Waals surface area contributed by atoms with Crippen LogP contribution in [0.5, 0.6) is 0 Å². The number of hydrogen-bond acceptors (Lipinski definition) is 7. The highest BCUT2D eigenvalue weighted by Crippen LogP contribution is 2.37. The lowest BCUT2D eigenvalue weighted by atomic mass is 9.83. The van der Waals surface area contributed by atoms with E-state index in [1.165, 1.54) is 0 Å². The van der Waals surface area contributed by atoms with Crippen molar-refractivity contribution >= 4 is 23.2 Å². The highest BCUT2D eigenvalue weighted by atomic mass is 16.5. The second-order valence-corrected chi connectivity index (χ2v) is 10.6. The molecule has 3 N–H and O–H groups in total. The van der Waals surface area contributed by atoms with Crippen LogP contribution in [-0.4, -0.2) is 60.1 Å². The van der Waals surface area contributed by atoms with Crippen molar-refractivity contribution in [3.63, 3.8) is 0 Å². The Morgan fingerprint density at radius 1 is 1.14 bits per heavy atom. The highest BCUT2D eigenvalue weighted by molar-refractivity contribution is 5.82. The van der Waals surface area contributed by atoms with Crippen LogP contribution < -0.4 is 16.0 Å². The molecular weight excluding hydrogens is 452 g/mol. The number of methoxy groups -OCH3 is 1. The summed E-state index contributed by atoms with van der Waals surface area (Å²) >= 11 is 0. The largest absolute Gasteiger partial charge is 0.501 e. The van der Waals surface area contributed by atoms with Gasteiger partial charge in [0.05, 0.1) is 24.8 Å². The quantitative estimate of drug-likeness (QED) is 0.573. The van der Waals surface area contributed by atoms with Crippen molar-refractivity contribution in [3.05, 3.63) is 53.6 Å². The minimum absolute atomic E-state index is 0.0702. The van der Waals surface area contributed by atoms with Gasteiger partial charge in [0.15, 0.2) is 0 Å². The van der Waals surface area contributed by atoms with Crippen LogP contribution in [0.2, 0.25) is 0 Å². The first-order chi connectivity index (χ1) is 17.3. The van der Waals surface area contributed by atoms with Crippen molar-refractivity contribution < 1.29 is 9.53 Å². The summed E-state index contributed by atoms with van der Waals surface area (Å²) in [6.07, 6.45) is 5.58. The SMILES string of the molecule is COC1=CCc2cnc(Nc3ccc(N4CCN(C(=O)C(N)CC(C)C)CC4)cc3)nc2C1C(C)C. The van der Waals surface area contributed by atoms with Gasteiger partial charge in [-0.1, -0.05) is 27.7 Å². The first-order valence-electron chi connectivity index (χ1n) is 13.0. The Morgan fingerprint density at radius 3 is 2.44 bits per heavy atom. The summed E-state index contributed by atoms with van der Waals surface area (Å²) in [4.78, 5) is 26.3. The zero-order valence-electron chi connectivity index (χ0n) is 22.2. The minimum Gasteiger partial charge on any atom is -0.501 e. The van der Waals surface area contributed by atoms with Crippen LogP contribution in [0.25, 0.3) is 0 Å². The summed E-state index contributed by atoms with van der Waals surface area (Å²) in [6.45, 7) is 11.6. The number of piperazine rings is 1. The summed E-state index contributed by atoms with van der Waals surface area (Å²) in [7, 11) is 1.73. The van der Waals surface area contributed by atoms with E-state index in [1.807, 2.05) is 11.1 Å². The van der Waals surface area contributed by atoms with E-state index in [4.69, 9.17) is 15.5 Å². The van der Waals surface area contributed by atoms with Gasteiger partial charge < -0.3 is 25.6 Å². The molecule has 1 aliphatic heterocycles. The number of nitrogens with one attached hydrogen (secondary N) is 1. The number of nitrogens with two attached hydrogens (primary N) is 1. The van der Waals surface area contributed by atoms with Gasteiger partial charge in [-0.3, -0.25) is 4.79 Å². The molecule has 2 atom stereocenters. The molecule has 4 rings (SSSR count). The molecule has 0 saturated carbocycles. The number of carbonyl (C=O) groups is 1. The Labute approximate surface area is 214 Å². The Bertz CT molecular complexity index is 1070. The predicted octanol–water partition coefficient (Wildman–Crippen LogP) is 4.07. The van der Waals surface area contributed by atoms with Crippen LogP contribution in [0.4, 0.5) is 17.3 Å². The Kier molecular flexibility index (Phi) is 8.14. The number of fused-ring (bicyclic) bond motifs is 1. The molecule has 1 amide bonds. The van der Waals surface area contributed by atoms with E-state index in [1.54, 1.807) is 7.11 Å². The zero-order valence-corrected chi connectivity index (χ0v) is 22.2. The van der Waals surface area contributed by atoms with Crippen LogP contribution in [0.3, 0.4) is 0 Å². The van der Waals surface area contributed by atoms with Crippen molar-refractivity contribution in [1.82, 2.24) is 14.9 Å². The number of aromatic nitrogens is 2. The Morgan fingerprint density at radius 2 is 1.83 bits per heavy atom. The molecule has 2 aliphatic rings. The van der Waals surface area contributed by atoms with E-state index in [9.17, 15) is 4.79 Å². The van der Waals surface area contributed by atoms with Gasteiger partial charge in [0, 0.05) is 43.8 Å². The maximum Gasteiger partial charge on any atom is 0.239 e. The van der Waals surface area contributed by atoms with Crippen LogP contribution in [0.1, 0.15) is 51.3 Å². The molecule has 194 valence electrons. The average Bonchev–Trinajstić information content (AvgIpc) is 2.87. The number of rotatable bonds is 8. The fraction of sp³-hybridized carbons (Fsp3) is 0.536. The lowest BCUT2D eigenvalue weighted by Crippen LogP contribution is -2.53. The van der Waals surface area contributed by atoms with Gasteiger partial charge in [0.1, 0.15) is 5.76 Å². The van der Waals surface area contributed by atoms with Gasteiger partial charge in [-0.15, -0.1) is 0 Å². The molecule has 1 aromatic carbocycles. The van der Waals surface area contributed by atoms with Gasteiger partial charge in [0.2, 0.25) is 11.9 Å². The molecule has 1 saturated heterocycles. The standard InChI is InChI=1S/C28H40N6O2/c1-18(2)16-23(29)27(35)34-14-12-33(13-15-34)22-9-7-21(8-10-22)31-28-30-17-20-6-11-24(36-5)25(19(3)4)26(20)32-28/h7-11,17-19,23,25H,6,12-16,29H2,1-5H3,(H,30,31,32). The fourth-order valence-corrected chi connectivity index (χ4v) is 5.15. The number of anilines is 3. The molecule has 0 bridgehead atoms. The van der Waals surface area contributed by atoms with Crippen molar-refractivity contribution in [2.24, 2.45) is 17.6 Å². The predicted molar refractivity (Wildman–Crippen MR) is 144 cm³/mol. The first kappa shape index (κ1) is 25.9. The lowest BCUT2D eigenvalue weighted by molar-refractivity contribution is -0.133. The van der Waals surface area contributed by atoms with E-state index < -0.39 is 6.04 Å². The number of benzene rings is 1. The molecule has 2 unspecified atom stereocenters. The molecule has 1 aliphatic carbocycles. The highest BCUT2D eigenvalue weighted by Gasteiger charge is 2.29. The fourth-order valence-electron chi connectivity index (χ4n) is 5.15. The number of carbonyl (C=O) groups excluding carboxylic acids is 1. The molecule has 0 spiro atoms. The third-order valence-corrected chi connectivity index (χ3v) is 7.05. The average molecular weight is 493 g/mol. The van der Waals surface area contributed by atoms with Crippen LogP contribution >= 0.6 is 0 Å². The maximum atomic E-state index is 12.6. The van der Waals surface area contributed by atoms with Crippen LogP contribution in [0, 0.1) is 11.8 Å². The Balaban J connectivity index is 1.37. The van der Waals surface area contributed by atoms with E-state index in [0.29, 0.717) is 30.9 Å². The third-order valence-electron chi connectivity index (χ3n) is 7.05. The van der Waals surface area contributed by atoms with Crippen molar-refractivity contribution in [2.45, 2.75) is 52.5 Å². The van der Waals surface area contributed by atoms with Crippen LogP contribution in [-0.2, 0) is 16.0 Å². The van der Waals surface area contributed by atoms with Crippen molar-refractivity contribution in [1.29, 1.82) is 0 Å². The second-order valence-electron chi connectivity index (χ2n) is 10.6. The van der Waals surface area contributed by atoms with Crippen molar-refractivity contribution in [2.75, 3.05) is 43.5 Å². The second kappa shape index (κ2) is 11.3. The molecule has 2 aromatic rings. The molecule has 8 nitrogen and oxygen atoms in total. The van der Waals surface area contributed by atoms with Gasteiger partial charge in [-0.25, -0.2) is 9.97 Å². The molecule has 0 radical (unpaired) electrons. The summed E-state index contributed by atoms with van der Waals surface area (Å²) in [5.74, 6) is 2.57. The first-order valence-corrected chi connectivity index (χ1v) is 13.0. The number of amides is 1. The van der Waals surface area contributed by atoms with E-state index in [0.717, 1.165) is 54.3 Å². The number of ether oxygens (including phenoxy) is 1. The smallest absolute Gasteiger partial charge is 0.239 e. The van der Waals surface area contributed by atoms with Gasteiger partial charge >= 0.3 is 0 Å². The topological polar surface area (TPSA) is 96.6 Å². The van der Waals surface area contributed by atoms with Gasteiger partial charge in [-0.05, 0) is 60.6 Å². The molecule has 2 heterocycles. The number of allylic oxidation sites excluding steroid dienone is 2. The van der Waals surface area contributed by atoms with E-state index in [2.05, 4.69) is 73.2 Å². The minimum atomic E-state index is -0.402. The van der Waals surface area contributed by atoms with Gasteiger partial charge in [-0.2, -0.15) is 0 Å². The molecule has 8 heteroatoms. The normalized spacial score (nSPS) is 18.7. The van der Waals surface area contributed by atoms with Crippen molar-refractivity contribution in [3.8, 4) is 0 Å². The zero-order chi connectivity index (χ0) is 25.8. The van der Waals surface area contributed by atoms with Gasteiger partial charge in [0.25, 0.3) is 0 Å². The maximum absolute atomic E-state index is 12.6. The van der Waals surface area contributed by atoms with E-state index in [-0.39, 0.29) is 11.8 Å². The Hall–Kier alpha value is -3.13. The van der Waals surface area contributed by atoms with Crippen LogP contribution in [0.15, 0.2) is 42.3 Å². The third kappa shape index (κ3) is 5.81. The monoisotopic (exact) mass is 492 g/mol. The number of nitrogens with zero attached hydrogens (tertiary/aromatic N) is 4. The molecule has 1 fully saturated rings. The number of hydrogen-bond donors (Lipinski definition) is 2.